The van der Waals surface area contributed by atoms with Gasteiger partial charge < -0.3 is 15.5 Å². The Morgan fingerprint density at radius 1 is 1.17 bits per heavy atom. The van der Waals surface area contributed by atoms with E-state index in [0.29, 0.717) is 12.1 Å². The van der Waals surface area contributed by atoms with Crippen molar-refractivity contribution in [2.24, 2.45) is 4.99 Å². The second-order valence-corrected chi connectivity index (χ2v) is 8.71. The summed E-state index contributed by atoms with van der Waals surface area (Å²) in [6, 6.07) is 7.68. The van der Waals surface area contributed by atoms with Gasteiger partial charge in [0.2, 0.25) is 0 Å². The van der Waals surface area contributed by atoms with Crippen LogP contribution in [0.1, 0.15) is 50.8 Å². The van der Waals surface area contributed by atoms with Crippen molar-refractivity contribution in [3.8, 4) is 0 Å². The molecule has 0 atom stereocenters. The molecule has 0 saturated heterocycles. The van der Waals surface area contributed by atoms with Gasteiger partial charge in [0, 0.05) is 51.1 Å². The second-order valence-electron chi connectivity index (χ2n) is 7.54. The number of amides is 1. The summed E-state index contributed by atoms with van der Waals surface area (Å²) in [6.07, 6.45) is 7.02. The molecule has 29 heavy (non-hydrogen) atoms. The number of benzene rings is 1. The van der Waals surface area contributed by atoms with Crippen LogP contribution in [0.25, 0.3) is 0 Å². The highest BCUT2D eigenvalue weighted by Gasteiger charge is 2.14. The monoisotopic (exact) mass is 413 g/mol. The summed E-state index contributed by atoms with van der Waals surface area (Å²) in [6.45, 7) is 1.52. The maximum Gasteiger partial charge on any atom is 0.253 e. The number of carbonyl (C=O) groups is 1. The van der Waals surface area contributed by atoms with Crippen molar-refractivity contribution in [2.45, 2.75) is 45.1 Å². The van der Waals surface area contributed by atoms with E-state index in [4.69, 9.17) is 4.98 Å². The summed E-state index contributed by atoms with van der Waals surface area (Å²) >= 11 is 1.90. The third-order valence-corrected chi connectivity index (χ3v) is 6.26. The summed E-state index contributed by atoms with van der Waals surface area (Å²) in [7, 11) is 5.30. The standard InChI is InChI=1S/C22H31N5OS/c1-23-22(25-15-16-10-12-17(13-11-16)21(28)27(2)3)24-14-6-9-20-26-18-7-4-5-8-19(18)29-20/h10-13H,4-9,14-15H2,1-3H3,(H2,23,24,25). The topological polar surface area (TPSA) is 69.6 Å². The molecule has 0 unspecified atom stereocenters. The van der Waals surface area contributed by atoms with Crippen LogP contribution < -0.4 is 10.6 Å². The molecule has 1 heterocycles. The van der Waals surface area contributed by atoms with Gasteiger partial charge in [-0.15, -0.1) is 11.3 Å². The highest BCUT2D eigenvalue weighted by molar-refractivity contribution is 7.11. The Kier molecular flexibility index (Phi) is 7.63. The Morgan fingerprint density at radius 2 is 1.93 bits per heavy atom. The summed E-state index contributed by atoms with van der Waals surface area (Å²) in [5, 5.41) is 7.97. The number of thiazole rings is 1. The first-order valence-electron chi connectivity index (χ1n) is 10.3. The Hall–Kier alpha value is -2.41. The van der Waals surface area contributed by atoms with Gasteiger partial charge in [-0.2, -0.15) is 0 Å². The first kappa shape index (κ1) is 21.3. The van der Waals surface area contributed by atoms with Crippen LogP contribution >= 0.6 is 11.3 Å². The minimum absolute atomic E-state index is 0.0167. The van der Waals surface area contributed by atoms with Crippen molar-refractivity contribution in [1.29, 1.82) is 0 Å². The number of hydrogen-bond acceptors (Lipinski definition) is 4. The van der Waals surface area contributed by atoms with Crippen molar-refractivity contribution in [2.75, 3.05) is 27.7 Å². The molecule has 0 bridgehead atoms. The van der Waals surface area contributed by atoms with Gasteiger partial charge in [-0.25, -0.2) is 4.98 Å². The molecule has 0 aliphatic heterocycles. The van der Waals surface area contributed by atoms with Crippen LogP contribution in [0.5, 0.6) is 0 Å². The van der Waals surface area contributed by atoms with Gasteiger partial charge in [-0.1, -0.05) is 12.1 Å². The van der Waals surface area contributed by atoms with E-state index in [9.17, 15) is 4.79 Å². The summed E-state index contributed by atoms with van der Waals surface area (Å²) in [5.41, 5.74) is 3.15. The van der Waals surface area contributed by atoms with E-state index in [-0.39, 0.29) is 5.91 Å². The molecule has 0 saturated carbocycles. The van der Waals surface area contributed by atoms with Gasteiger partial charge in [0.15, 0.2) is 5.96 Å². The molecule has 156 valence electrons. The number of aryl methyl sites for hydroxylation is 3. The third kappa shape index (κ3) is 6.03. The van der Waals surface area contributed by atoms with Crippen molar-refractivity contribution < 1.29 is 4.79 Å². The molecular formula is C22H31N5OS. The number of carbonyl (C=O) groups excluding carboxylic acids is 1. The summed E-state index contributed by atoms with van der Waals surface area (Å²) in [4.78, 5) is 24.1. The number of aliphatic imine (C=N–C) groups is 1. The van der Waals surface area contributed by atoms with Crippen molar-refractivity contribution in [3.63, 3.8) is 0 Å². The third-order valence-electron chi connectivity index (χ3n) is 5.04. The molecule has 1 aliphatic carbocycles. The molecule has 1 aliphatic rings. The quantitative estimate of drug-likeness (QED) is 0.416. The van der Waals surface area contributed by atoms with Crippen molar-refractivity contribution in [1.82, 2.24) is 20.5 Å². The molecule has 0 radical (unpaired) electrons. The van der Waals surface area contributed by atoms with Crippen LogP contribution in [-0.4, -0.2) is 49.4 Å². The van der Waals surface area contributed by atoms with Crippen LogP contribution in [0.15, 0.2) is 29.3 Å². The highest BCUT2D eigenvalue weighted by Crippen LogP contribution is 2.27. The molecule has 7 heteroatoms. The number of guanidine groups is 1. The largest absolute Gasteiger partial charge is 0.356 e. The van der Waals surface area contributed by atoms with Crippen LogP contribution in [-0.2, 0) is 25.8 Å². The fraction of sp³-hybridized carbons (Fsp3) is 0.500. The van der Waals surface area contributed by atoms with E-state index >= 15 is 0 Å². The van der Waals surface area contributed by atoms with Crippen LogP contribution in [0, 0.1) is 0 Å². The number of hydrogen-bond donors (Lipinski definition) is 2. The zero-order valence-corrected chi connectivity index (χ0v) is 18.4. The smallest absolute Gasteiger partial charge is 0.253 e. The van der Waals surface area contributed by atoms with Crippen LogP contribution in [0.2, 0.25) is 0 Å². The predicted molar refractivity (Wildman–Crippen MR) is 120 cm³/mol. The molecule has 0 spiro atoms. The molecule has 2 aromatic rings. The first-order valence-corrected chi connectivity index (χ1v) is 11.1. The normalized spacial score (nSPS) is 13.7. The minimum Gasteiger partial charge on any atom is -0.356 e. The molecule has 1 aromatic carbocycles. The average molecular weight is 414 g/mol. The number of fused-ring (bicyclic) bond motifs is 1. The van der Waals surface area contributed by atoms with Gasteiger partial charge in [0.05, 0.1) is 10.7 Å². The molecule has 3 rings (SSSR count). The fourth-order valence-electron chi connectivity index (χ4n) is 3.39. The average Bonchev–Trinajstić information content (AvgIpc) is 3.16. The lowest BCUT2D eigenvalue weighted by Gasteiger charge is -2.13. The Balaban J connectivity index is 1.39. The van der Waals surface area contributed by atoms with Crippen LogP contribution in [0.3, 0.4) is 0 Å². The lowest BCUT2D eigenvalue weighted by molar-refractivity contribution is 0.0827. The van der Waals surface area contributed by atoms with E-state index in [1.165, 1.54) is 34.8 Å². The SMILES string of the molecule is CN=C(NCCCc1nc2c(s1)CCCC2)NCc1ccc(C(=O)N(C)C)cc1. The predicted octanol–water partition coefficient (Wildman–Crippen LogP) is 3.02. The highest BCUT2D eigenvalue weighted by atomic mass is 32.1. The lowest BCUT2D eigenvalue weighted by atomic mass is 10.0. The summed E-state index contributed by atoms with van der Waals surface area (Å²) < 4.78 is 0. The Labute approximate surface area is 177 Å². The van der Waals surface area contributed by atoms with Gasteiger partial charge in [0.1, 0.15) is 0 Å². The second kappa shape index (κ2) is 10.4. The van der Waals surface area contributed by atoms with Crippen LogP contribution in [0.4, 0.5) is 0 Å². The zero-order chi connectivity index (χ0) is 20.6. The molecule has 0 fully saturated rings. The number of rotatable bonds is 7. The molecular weight excluding hydrogens is 382 g/mol. The number of aromatic nitrogens is 1. The maximum absolute atomic E-state index is 12.0. The van der Waals surface area contributed by atoms with E-state index in [0.717, 1.165) is 37.3 Å². The van der Waals surface area contributed by atoms with E-state index in [2.05, 4.69) is 15.6 Å². The number of nitrogens with one attached hydrogen (secondary N) is 2. The Morgan fingerprint density at radius 3 is 2.62 bits per heavy atom. The van der Waals surface area contributed by atoms with Crippen molar-refractivity contribution in [3.05, 3.63) is 51.0 Å². The first-order chi connectivity index (χ1) is 14.1. The fourth-order valence-corrected chi connectivity index (χ4v) is 4.59. The van der Waals surface area contributed by atoms with E-state index < -0.39 is 0 Å². The van der Waals surface area contributed by atoms with Crippen molar-refractivity contribution >= 4 is 23.2 Å². The molecule has 2 N–H and O–H groups in total. The van der Waals surface area contributed by atoms with E-state index in [1.54, 1.807) is 26.0 Å². The van der Waals surface area contributed by atoms with Gasteiger partial charge in [-0.3, -0.25) is 9.79 Å². The zero-order valence-electron chi connectivity index (χ0n) is 17.6. The van der Waals surface area contributed by atoms with Gasteiger partial charge >= 0.3 is 0 Å². The molecule has 1 amide bonds. The maximum atomic E-state index is 12.0. The Bertz CT molecular complexity index is 818. The molecule has 1 aromatic heterocycles. The lowest BCUT2D eigenvalue weighted by Crippen LogP contribution is -2.37. The minimum atomic E-state index is 0.0167. The van der Waals surface area contributed by atoms with Gasteiger partial charge in [-0.05, 0) is 49.8 Å². The molecule has 6 nitrogen and oxygen atoms in total. The van der Waals surface area contributed by atoms with E-state index in [1.807, 2.05) is 35.6 Å². The summed E-state index contributed by atoms with van der Waals surface area (Å²) in [5.74, 6) is 0.806. The number of nitrogens with zero attached hydrogens (tertiary/aromatic N) is 3. The van der Waals surface area contributed by atoms with Gasteiger partial charge in [0.25, 0.3) is 5.91 Å².